The molecule has 0 bridgehead atoms. The van der Waals surface area contributed by atoms with Crippen LogP contribution in [0.15, 0.2) is 24.3 Å². The van der Waals surface area contributed by atoms with E-state index in [0.29, 0.717) is 11.6 Å². The lowest BCUT2D eigenvalue weighted by atomic mass is 10.1. The second-order valence-corrected chi connectivity index (χ2v) is 5.27. The molecule has 2 nitrogen and oxygen atoms in total. The van der Waals surface area contributed by atoms with Gasteiger partial charge in [0.2, 0.25) is 0 Å². The molecular formula is C15H21ClF3NO. The summed E-state index contributed by atoms with van der Waals surface area (Å²) in [5.41, 5.74) is 0.873. The summed E-state index contributed by atoms with van der Waals surface area (Å²) in [5.74, 6) is 0. The summed E-state index contributed by atoms with van der Waals surface area (Å²) in [4.78, 5) is 0. The van der Waals surface area contributed by atoms with Crippen LogP contribution in [-0.2, 0) is 4.74 Å². The molecule has 1 N–H and O–H groups in total. The maximum atomic E-state index is 12.1. The summed E-state index contributed by atoms with van der Waals surface area (Å²) in [6.45, 7) is 3.51. The Balaban J connectivity index is 2.52. The maximum absolute atomic E-state index is 12.1. The minimum absolute atomic E-state index is 0.0334. The van der Waals surface area contributed by atoms with Crippen molar-refractivity contribution in [1.29, 1.82) is 0 Å². The Bertz CT molecular complexity index is 412. The molecule has 0 aliphatic rings. The standard InChI is InChI=1S/C15H21ClF3NO/c1-2-8-20-11-14(12-5-3-6-13(16)10-12)21-9-4-7-15(17,18)19/h3,5-6,10,14,20H,2,4,7-9,11H2,1H3. The molecule has 0 heterocycles. The van der Waals surface area contributed by atoms with Gasteiger partial charge in [-0.2, -0.15) is 13.2 Å². The van der Waals surface area contributed by atoms with Crippen LogP contribution in [0.1, 0.15) is 37.9 Å². The van der Waals surface area contributed by atoms with Crippen molar-refractivity contribution >= 4 is 11.6 Å². The van der Waals surface area contributed by atoms with E-state index >= 15 is 0 Å². The Labute approximate surface area is 128 Å². The summed E-state index contributed by atoms with van der Waals surface area (Å²) >= 11 is 5.95. The van der Waals surface area contributed by atoms with E-state index in [9.17, 15) is 13.2 Å². The Kier molecular flexibility index (Phi) is 8.07. The molecule has 1 rings (SSSR count). The fraction of sp³-hybridized carbons (Fsp3) is 0.600. The molecule has 0 radical (unpaired) electrons. The second kappa shape index (κ2) is 9.28. The molecule has 1 unspecified atom stereocenters. The van der Waals surface area contributed by atoms with Crippen molar-refractivity contribution in [3.63, 3.8) is 0 Å². The van der Waals surface area contributed by atoms with E-state index in [-0.39, 0.29) is 19.1 Å². The molecule has 0 aromatic heterocycles. The van der Waals surface area contributed by atoms with Crippen molar-refractivity contribution in [2.75, 3.05) is 19.7 Å². The van der Waals surface area contributed by atoms with E-state index in [4.69, 9.17) is 16.3 Å². The fourth-order valence-corrected chi connectivity index (χ4v) is 2.09. The largest absolute Gasteiger partial charge is 0.389 e. The maximum Gasteiger partial charge on any atom is 0.389 e. The highest BCUT2D eigenvalue weighted by Crippen LogP contribution is 2.24. The van der Waals surface area contributed by atoms with Gasteiger partial charge in [-0.1, -0.05) is 30.7 Å². The molecule has 0 fully saturated rings. The monoisotopic (exact) mass is 323 g/mol. The minimum Gasteiger partial charge on any atom is -0.372 e. The Hall–Kier alpha value is -0.780. The quantitative estimate of drug-likeness (QED) is 0.663. The van der Waals surface area contributed by atoms with Crippen LogP contribution in [-0.4, -0.2) is 25.9 Å². The predicted molar refractivity (Wildman–Crippen MR) is 78.6 cm³/mol. The summed E-state index contributed by atoms with van der Waals surface area (Å²) in [5, 5.41) is 3.81. The molecule has 0 saturated carbocycles. The first-order valence-corrected chi connectivity index (χ1v) is 7.44. The van der Waals surface area contributed by atoms with E-state index in [1.807, 2.05) is 19.1 Å². The fourth-order valence-electron chi connectivity index (χ4n) is 1.89. The van der Waals surface area contributed by atoms with Crippen molar-refractivity contribution in [3.05, 3.63) is 34.9 Å². The first-order valence-electron chi connectivity index (χ1n) is 7.07. The number of benzene rings is 1. The third-order valence-corrected chi connectivity index (χ3v) is 3.14. The smallest absolute Gasteiger partial charge is 0.372 e. The number of rotatable bonds is 9. The van der Waals surface area contributed by atoms with Crippen LogP contribution in [0.25, 0.3) is 0 Å². The van der Waals surface area contributed by atoms with Crippen LogP contribution < -0.4 is 5.32 Å². The van der Waals surface area contributed by atoms with E-state index in [2.05, 4.69) is 5.32 Å². The van der Waals surface area contributed by atoms with Gasteiger partial charge in [-0.15, -0.1) is 0 Å². The average Bonchev–Trinajstić information content (AvgIpc) is 2.40. The van der Waals surface area contributed by atoms with E-state index in [1.165, 1.54) is 0 Å². The molecule has 0 amide bonds. The van der Waals surface area contributed by atoms with Gasteiger partial charge >= 0.3 is 6.18 Å². The predicted octanol–water partition coefficient (Wildman–Crippen LogP) is 4.74. The van der Waals surface area contributed by atoms with Crippen molar-refractivity contribution in [1.82, 2.24) is 5.32 Å². The van der Waals surface area contributed by atoms with Crippen molar-refractivity contribution in [2.45, 2.75) is 38.5 Å². The lowest BCUT2D eigenvalue weighted by Gasteiger charge is -2.19. The molecule has 1 atom stereocenters. The molecule has 1 aromatic carbocycles. The number of hydrogen-bond acceptors (Lipinski definition) is 2. The molecule has 0 aliphatic heterocycles. The molecule has 0 spiro atoms. The van der Waals surface area contributed by atoms with Crippen LogP contribution >= 0.6 is 11.6 Å². The summed E-state index contributed by atoms with van der Waals surface area (Å²) in [7, 11) is 0. The number of nitrogens with one attached hydrogen (secondary N) is 1. The Morgan fingerprint density at radius 1 is 1.33 bits per heavy atom. The van der Waals surface area contributed by atoms with Crippen LogP contribution in [0.2, 0.25) is 5.02 Å². The topological polar surface area (TPSA) is 21.3 Å². The molecule has 0 aliphatic carbocycles. The van der Waals surface area contributed by atoms with Crippen molar-refractivity contribution in [2.24, 2.45) is 0 Å². The average molecular weight is 324 g/mol. The van der Waals surface area contributed by atoms with Gasteiger partial charge in [-0.25, -0.2) is 0 Å². The molecule has 0 saturated heterocycles. The first-order chi connectivity index (χ1) is 9.92. The lowest BCUT2D eigenvalue weighted by Crippen LogP contribution is -2.24. The molecule has 21 heavy (non-hydrogen) atoms. The third kappa shape index (κ3) is 8.29. The van der Waals surface area contributed by atoms with Gasteiger partial charge in [-0.05, 0) is 37.1 Å². The SMILES string of the molecule is CCCNCC(OCCCC(F)(F)F)c1cccc(Cl)c1. The molecular weight excluding hydrogens is 303 g/mol. The van der Waals surface area contributed by atoms with E-state index < -0.39 is 12.6 Å². The third-order valence-electron chi connectivity index (χ3n) is 2.90. The molecule has 120 valence electrons. The Morgan fingerprint density at radius 3 is 2.71 bits per heavy atom. The zero-order chi connectivity index (χ0) is 15.7. The normalized spacial score (nSPS) is 13.4. The zero-order valence-corrected chi connectivity index (χ0v) is 12.8. The Morgan fingerprint density at radius 2 is 2.10 bits per heavy atom. The van der Waals surface area contributed by atoms with Gasteiger partial charge in [-0.3, -0.25) is 0 Å². The van der Waals surface area contributed by atoms with Crippen LogP contribution in [0.4, 0.5) is 13.2 Å². The number of hydrogen-bond donors (Lipinski definition) is 1. The number of halogens is 4. The van der Waals surface area contributed by atoms with Gasteiger partial charge in [0.05, 0.1) is 6.10 Å². The van der Waals surface area contributed by atoms with Gasteiger partial charge in [0.15, 0.2) is 0 Å². The van der Waals surface area contributed by atoms with E-state index in [1.54, 1.807) is 12.1 Å². The highest BCUT2D eigenvalue weighted by molar-refractivity contribution is 6.30. The number of alkyl halides is 3. The summed E-state index contributed by atoms with van der Waals surface area (Å²) in [6, 6.07) is 7.21. The van der Waals surface area contributed by atoms with Crippen molar-refractivity contribution in [3.8, 4) is 0 Å². The van der Waals surface area contributed by atoms with Crippen LogP contribution in [0, 0.1) is 0 Å². The molecule has 1 aromatic rings. The van der Waals surface area contributed by atoms with E-state index in [0.717, 1.165) is 18.5 Å². The highest BCUT2D eigenvalue weighted by Gasteiger charge is 2.26. The zero-order valence-electron chi connectivity index (χ0n) is 12.0. The van der Waals surface area contributed by atoms with Crippen molar-refractivity contribution < 1.29 is 17.9 Å². The first kappa shape index (κ1) is 18.3. The van der Waals surface area contributed by atoms with Gasteiger partial charge in [0.25, 0.3) is 0 Å². The second-order valence-electron chi connectivity index (χ2n) is 4.84. The number of ether oxygens (including phenoxy) is 1. The summed E-state index contributed by atoms with van der Waals surface area (Å²) < 4.78 is 42.0. The van der Waals surface area contributed by atoms with Crippen LogP contribution in [0.5, 0.6) is 0 Å². The van der Waals surface area contributed by atoms with Gasteiger partial charge in [0.1, 0.15) is 0 Å². The minimum atomic E-state index is -4.13. The van der Waals surface area contributed by atoms with Gasteiger partial charge in [0, 0.05) is 24.6 Å². The van der Waals surface area contributed by atoms with Gasteiger partial charge < -0.3 is 10.1 Å². The highest BCUT2D eigenvalue weighted by atomic mass is 35.5. The summed E-state index contributed by atoms with van der Waals surface area (Å²) in [6.07, 6.45) is -4.29. The molecule has 6 heteroatoms. The lowest BCUT2D eigenvalue weighted by molar-refractivity contribution is -0.138. The van der Waals surface area contributed by atoms with Crippen LogP contribution in [0.3, 0.4) is 0 Å².